The zero-order valence-corrected chi connectivity index (χ0v) is 17.6. The number of aromatic nitrogens is 1. The van der Waals surface area contributed by atoms with Gasteiger partial charge in [-0.15, -0.1) is 11.8 Å². The van der Waals surface area contributed by atoms with E-state index < -0.39 is 0 Å². The molecular formula is C21H20N6S2. The lowest BCUT2D eigenvalue weighted by atomic mass is 10.1. The van der Waals surface area contributed by atoms with Crippen molar-refractivity contribution in [2.75, 3.05) is 30.0 Å². The van der Waals surface area contributed by atoms with E-state index in [1.807, 2.05) is 50.5 Å². The molecule has 0 radical (unpaired) electrons. The molecule has 2 heterocycles. The van der Waals surface area contributed by atoms with E-state index in [4.69, 9.17) is 11.0 Å². The number of nitrogens with two attached hydrogens (primary N) is 1. The summed E-state index contributed by atoms with van der Waals surface area (Å²) in [7, 11) is 4.03. The van der Waals surface area contributed by atoms with Crippen LogP contribution in [0.1, 0.15) is 21.4 Å². The maximum atomic E-state index is 8.95. The molecule has 8 heteroatoms. The summed E-state index contributed by atoms with van der Waals surface area (Å²) in [5.41, 5.74) is 11.0. The number of thioether (sulfide) groups is 1. The summed E-state index contributed by atoms with van der Waals surface area (Å²) in [5, 5.41) is 18.6. The number of nitrogens with one attached hydrogen (secondary N) is 2. The molecule has 1 unspecified atom stereocenters. The second-order valence-corrected chi connectivity index (χ2v) is 8.73. The van der Waals surface area contributed by atoms with Crippen molar-refractivity contribution in [3.63, 3.8) is 0 Å². The van der Waals surface area contributed by atoms with Gasteiger partial charge in [0.1, 0.15) is 11.2 Å². The normalized spacial score (nSPS) is 15.3. The van der Waals surface area contributed by atoms with Crippen LogP contribution < -0.4 is 21.3 Å². The monoisotopic (exact) mass is 420 g/mol. The predicted octanol–water partition coefficient (Wildman–Crippen LogP) is 4.74. The van der Waals surface area contributed by atoms with Crippen LogP contribution in [-0.2, 0) is 0 Å². The lowest BCUT2D eigenvalue weighted by Gasteiger charge is -2.12. The first-order valence-electron chi connectivity index (χ1n) is 8.97. The highest BCUT2D eigenvalue weighted by molar-refractivity contribution is 8.02. The van der Waals surface area contributed by atoms with Gasteiger partial charge in [-0.25, -0.2) is 4.98 Å². The molecule has 0 saturated carbocycles. The third-order valence-corrected chi connectivity index (χ3v) is 6.69. The lowest BCUT2D eigenvalue weighted by molar-refractivity contribution is 0.897. The summed E-state index contributed by atoms with van der Waals surface area (Å²) in [6.07, 6.45) is 0. The van der Waals surface area contributed by atoms with E-state index in [0.29, 0.717) is 11.4 Å². The van der Waals surface area contributed by atoms with Crippen molar-refractivity contribution >= 4 is 51.1 Å². The summed E-state index contributed by atoms with van der Waals surface area (Å²) in [6, 6.07) is 17.8. The predicted molar refractivity (Wildman–Crippen MR) is 123 cm³/mol. The number of nitrogen functional groups attached to an aromatic ring is 1. The van der Waals surface area contributed by atoms with Gasteiger partial charge >= 0.3 is 0 Å². The van der Waals surface area contributed by atoms with E-state index in [2.05, 4.69) is 44.1 Å². The van der Waals surface area contributed by atoms with Gasteiger partial charge < -0.3 is 21.3 Å². The zero-order chi connectivity index (χ0) is 20.4. The Morgan fingerprint density at radius 1 is 1.14 bits per heavy atom. The van der Waals surface area contributed by atoms with E-state index in [-0.39, 0.29) is 5.37 Å². The van der Waals surface area contributed by atoms with Gasteiger partial charge in [0.2, 0.25) is 0 Å². The molecule has 4 rings (SSSR count). The topological polar surface area (TPSA) is 90.0 Å². The Hall–Kier alpha value is -3.15. The maximum Gasteiger partial charge on any atom is 0.189 e. The molecule has 1 aliphatic heterocycles. The van der Waals surface area contributed by atoms with Crippen LogP contribution in [0.3, 0.4) is 0 Å². The Labute approximate surface area is 178 Å². The molecule has 1 atom stereocenters. The van der Waals surface area contributed by atoms with Gasteiger partial charge in [0.15, 0.2) is 5.13 Å². The molecule has 3 aromatic rings. The number of nitriles is 1. The molecular weight excluding hydrogens is 400 g/mol. The summed E-state index contributed by atoms with van der Waals surface area (Å²) in [4.78, 5) is 7.54. The van der Waals surface area contributed by atoms with Crippen molar-refractivity contribution in [2.45, 2.75) is 5.37 Å². The minimum absolute atomic E-state index is 0.0183. The van der Waals surface area contributed by atoms with Crippen molar-refractivity contribution in [1.82, 2.24) is 10.3 Å². The highest BCUT2D eigenvalue weighted by Crippen LogP contribution is 2.43. The van der Waals surface area contributed by atoms with Crippen molar-refractivity contribution in [3.05, 3.63) is 69.9 Å². The summed E-state index contributed by atoms with van der Waals surface area (Å²) < 4.78 is 0. The van der Waals surface area contributed by atoms with Gasteiger partial charge in [-0.3, -0.25) is 0 Å². The highest BCUT2D eigenvalue weighted by Gasteiger charge is 2.24. The number of anilines is 4. The number of thiazole rings is 1. The SMILES string of the molecule is CN(C)c1ccc(Nc2nc(N)c(C3NC(c4ccc(C#N)cc4)=CS3)s2)cc1. The fourth-order valence-electron chi connectivity index (χ4n) is 2.90. The van der Waals surface area contributed by atoms with Crippen LogP contribution in [0.2, 0.25) is 0 Å². The molecule has 6 nitrogen and oxygen atoms in total. The molecule has 0 spiro atoms. The Morgan fingerprint density at radius 3 is 2.52 bits per heavy atom. The van der Waals surface area contributed by atoms with Gasteiger partial charge in [-0.1, -0.05) is 23.5 Å². The minimum Gasteiger partial charge on any atom is -0.383 e. The van der Waals surface area contributed by atoms with E-state index in [1.54, 1.807) is 23.1 Å². The molecule has 0 saturated heterocycles. The van der Waals surface area contributed by atoms with Gasteiger partial charge in [0, 0.05) is 31.2 Å². The fraction of sp³-hybridized carbons (Fsp3) is 0.143. The Bertz CT molecular complexity index is 1080. The number of benzene rings is 2. The average molecular weight is 421 g/mol. The molecule has 1 aliphatic rings. The quantitative estimate of drug-likeness (QED) is 0.549. The Kier molecular flexibility index (Phi) is 5.34. The Balaban J connectivity index is 1.45. The molecule has 2 aromatic carbocycles. The summed E-state index contributed by atoms with van der Waals surface area (Å²) in [5.74, 6) is 0.530. The van der Waals surface area contributed by atoms with Crippen molar-refractivity contribution < 1.29 is 0 Å². The molecule has 0 fully saturated rings. The third kappa shape index (κ3) is 4.16. The highest BCUT2D eigenvalue weighted by atomic mass is 32.2. The molecule has 146 valence electrons. The zero-order valence-electron chi connectivity index (χ0n) is 16.0. The standard InChI is InChI=1S/C21H20N6S2/c1-27(2)16-9-7-15(8-10-16)24-21-26-19(23)18(29-21)20-25-17(12-28-20)14-5-3-13(11-22)4-6-14/h3-10,12,20,25H,23H2,1-2H3,(H,24,26). The van der Waals surface area contributed by atoms with Crippen LogP contribution in [0.4, 0.5) is 22.3 Å². The lowest BCUT2D eigenvalue weighted by Crippen LogP contribution is -2.12. The maximum absolute atomic E-state index is 8.95. The van der Waals surface area contributed by atoms with Crippen molar-refractivity contribution in [1.29, 1.82) is 5.26 Å². The second-order valence-electron chi connectivity index (χ2n) is 6.72. The number of rotatable bonds is 5. The van der Waals surface area contributed by atoms with Crippen molar-refractivity contribution in [3.8, 4) is 6.07 Å². The third-order valence-electron chi connectivity index (χ3n) is 4.49. The number of hydrogen-bond acceptors (Lipinski definition) is 8. The fourth-order valence-corrected chi connectivity index (χ4v) is 4.96. The van der Waals surface area contributed by atoms with Crippen LogP contribution in [0.25, 0.3) is 5.70 Å². The first-order valence-corrected chi connectivity index (χ1v) is 10.7. The number of hydrogen-bond donors (Lipinski definition) is 3. The van der Waals surface area contributed by atoms with Crippen LogP contribution in [0, 0.1) is 11.3 Å². The summed E-state index contributed by atoms with van der Waals surface area (Å²) in [6.45, 7) is 0. The average Bonchev–Trinajstić information content (AvgIpc) is 3.35. The van der Waals surface area contributed by atoms with E-state index in [0.717, 1.165) is 32.6 Å². The van der Waals surface area contributed by atoms with Gasteiger partial charge in [0.25, 0.3) is 0 Å². The second kappa shape index (κ2) is 8.07. The molecule has 0 aliphatic carbocycles. The molecule has 4 N–H and O–H groups in total. The van der Waals surface area contributed by atoms with Crippen LogP contribution >= 0.6 is 23.1 Å². The van der Waals surface area contributed by atoms with Crippen molar-refractivity contribution in [2.24, 2.45) is 0 Å². The first-order chi connectivity index (χ1) is 14.0. The molecule has 0 bridgehead atoms. The summed E-state index contributed by atoms with van der Waals surface area (Å²) >= 11 is 3.21. The van der Waals surface area contributed by atoms with Crippen LogP contribution in [-0.4, -0.2) is 19.1 Å². The minimum atomic E-state index is 0.0183. The van der Waals surface area contributed by atoms with Gasteiger partial charge in [-0.2, -0.15) is 5.26 Å². The van der Waals surface area contributed by atoms with Gasteiger partial charge in [0.05, 0.1) is 16.5 Å². The van der Waals surface area contributed by atoms with E-state index >= 15 is 0 Å². The van der Waals surface area contributed by atoms with Crippen LogP contribution in [0.15, 0.2) is 53.9 Å². The largest absolute Gasteiger partial charge is 0.383 e. The molecule has 29 heavy (non-hydrogen) atoms. The van der Waals surface area contributed by atoms with E-state index in [1.165, 1.54) is 0 Å². The first kappa shape index (κ1) is 19.2. The number of nitrogens with zero attached hydrogens (tertiary/aromatic N) is 3. The molecule has 1 aromatic heterocycles. The van der Waals surface area contributed by atoms with E-state index in [9.17, 15) is 0 Å². The molecule has 0 amide bonds. The Morgan fingerprint density at radius 2 is 1.86 bits per heavy atom. The van der Waals surface area contributed by atoms with Crippen LogP contribution in [0.5, 0.6) is 0 Å². The smallest absolute Gasteiger partial charge is 0.189 e. The van der Waals surface area contributed by atoms with Gasteiger partial charge in [-0.05, 0) is 47.4 Å².